The zero-order valence-electron chi connectivity index (χ0n) is 9.07. The molecule has 0 aliphatic carbocycles. The van der Waals surface area contributed by atoms with E-state index in [1.807, 2.05) is 11.4 Å². The summed E-state index contributed by atoms with van der Waals surface area (Å²) in [5, 5.41) is 14.1. The lowest BCUT2D eigenvalue weighted by Gasteiger charge is -2.11. The van der Waals surface area contributed by atoms with Crippen molar-refractivity contribution in [2.45, 2.75) is 18.9 Å². The van der Waals surface area contributed by atoms with Gasteiger partial charge in [-0.2, -0.15) is 11.3 Å². The molecule has 1 aromatic heterocycles. The first kappa shape index (κ1) is 12.7. The maximum absolute atomic E-state index is 13.2. The van der Waals surface area contributed by atoms with Crippen molar-refractivity contribution in [1.29, 1.82) is 0 Å². The Hall–Kier alpha value is -0.710. The van der Waals surface area contributed by atoms with Crippen molar-refractivity contribution in [2.24, 2.45) is 0 Å². The van der Waals surface area contributed by atoms with Crippen molar-refractivity contribution in [1.82, 2.24) is 0 Å². The van der Waals surface area contributed by atoms with Crippen LogP contribution < -0.4 is 0 Å². The first-order chi connectivity index (χ1) is 8.15. The fourth-order valence-electron chi connectivity index (χ4n) is 1.67. The molecule has 2 aromatic rings. The van der Waals surface area contributed by atoms with E-state index in [2.05, 4.69) is 21.3 Å². The van der Waals surface area contributed by atoms with Gasteiger partial charge in [0.2, 0.25) is 0 Å². The van der Waals surface area contributed by atoms with Gasteiger partial charge in [-0.15, -0.1) is 0 Å². The van der Waals surface area contributed by atoms with Crippen LogP contribution >= 0.6 is 27.3 Å². The summed E-state index contributed by atoms with van der Waals surface area (Å²) in [5.41, 5.74) is 1.83. The zero-order valence-corrected chi connectivity index (χ0v) is 11.5. The van der Waals surface area contributed by atoms with Gasteiger partial charge in [0.05, 0.1) is 6.10 Å². The van der Waals surface area contributed by atoms with Crippen LogP contribution in [0.3, 0.4) is 0 Å². The van der Waals surface area contributed by atoms with Crippen LogP contribution in [0, 0.1) is 5.82 Å². The van der Waals surface area contributed by atoms with Gasteiger partial charge in [-0.1, -0.05) is 15.9 Å². The fourth-order valence-corrected chi connectivity index (χ4v) is 2.86. The second-order valence-electron chi connectivity index (χ2n) is 3.89. The molecule has 0 aliphatic heterocycles. The Morgan fingerprint density at radius 1 is 1.35 bits per heavy atom. The number of hydrogen-bond acceptors (Lipinski definition) is 2. The summed E-state index contributed by atoms with van der Waals surface area (Å²) in [6, 6.07) is 6.55. The number of rotatable bonds is 4. The van der Waals surface area contributed by atoms with Crippen molar-refractivity contribution in [3.05, 3.63) is 56.4 Å². The molecule has 0 spiro atoms. The maximum atomic E-state index is 13.2. The quantitative estimate of drug-likeness (QED) is 0.891. The van der Waals surface area contributed by atoms with Crippen LogP contribution in [0.25, 0.3) is 0 Å². The Labute approximate surface area is 112 Å². The fraction of sp³-hybridized carbons (Fsp3) is 0.231. The van der Waals surface area contributed by atoms with E-state index in [-0.39, 0.29) is 5.82 Å². The Bertz CT molecular complexity index is 464. The molecule has 1 aromatic carbocycles. The van der Waals surface area contributed by atoms with Gasteiger partial charge in [-0.05, 0) is 59.0 Å². The van der Waals surface area contributed by atoms with Gasteiger partial charge in [-0.25, -0.2) is 4.39 Å². The van der Waals surface area contributed by atoms with Gasteiger partial charge < -0.3 is 5.11 Å². The number of aliphatic hydroxyl groups excluding tert-OH is 1. The molecule has 1 heterocycles. The number of hydrogen-bond donors (Lipinski definition) is 1. The van der Waals surface area contributed by atoms with Crippen molar-refractivity contribution in [3.8, 4) is 0 Å². The molecule has 0 saturated heterocycles. The monoisotopic (exact) mass is 314 g/mol. The van der Waals surface area contributed by atoms with Crippen molar-refractivity contribution in [2.75, 3.05) is 0 Å². The van der Waals surface area contributed by atoms with E-state index in [0.717, 1.165) is 6.42 Å². The van der Waals surface area contributed by atoms with Gasteiger partial charge in [-0.3, -0.25) is 0 Å². The first-order valence-electron chi connectivity index (χ1n) is 5.30. The molecular formula is C13H12BrFOS. The summed E-state index contributed by atoms with van der Waals surface area (Å²) in [7, 11) is 0. The van der Waals surface area contributed by atoms with Crippen LogP contribution in [-0.2, 0) is 6.42 Å². The third-order valence-corrected chi connectivity index (χ3v) is 3.75. The molecule has 1 atom stereocenters. The lowest BCUT2D eigenvalue weighted by Crippen LogP contribution is -2.00. The van der Waals surface area contributed by atoms with Crippen LogP contribution in [0.1, 0.15) is 23.7 Å². The number of thiophene rings is 1. The average molecular weight is 315 g/mol. The molecule has 0 aliphatic rings. The molecule has 90 valence electrons. The molecule has 0 fully saturated rings. The van der Waals surface area contributed by atoms with Crippen molar-refractivity contribution >= 4 is 27.3 Å². The predicted molar refractivity (Wildman–Crippen MR) is 71.7 cm³/mol. The number of aliphatic hydroxyl groups is 1. The normalized spacial score (nSPS) is 12.6. The molecule has 1 unspecified atom stereocenters. The molecule has 0 amide bonds. The summed E-state index contributed by atoms with van der Waals surface area (Å²) in [5.74, 6) is -0.330. The standard InChI is InChI=1S/C13H12BrFOS/c14-11-5-10(6-12(15)7-11)13(16)2-1-9-3-4-17-8-9/h3-8,13,16H,1-2H2. The highest BCUT2D eigenvalue weighted by molar-refractivity contribution is 9.10. The Morgan fingerprint density at radius 2 is 2.18 bits per heavy atom. The van der Waals surface area contributed by atoms with Crippen molar-refractivity contribution < 1.29 is 9.50 Å². The Kier molecular flexibility index (Phi) is 4.31. The molecular weight excluding hydrogens is 303 g/mol. The first-order valence-corrected chi connectivity index (χ1v) is 7.04. The highest BCUT2D eigenvalue weighted by Crippen LogP contribution is 2.24. The third kappa shape index (κ3) is 3.63. The number of aryl methyl sites for hydroxylation is 1. The lowest BCUT2D eigenvalue weighted by atomic mass is 10.0. The van der Waals surface area contributed by atoms with E-state index >= 15 is 0 Å². The van der Waals surface area contributed by atoms with E-state index in [0.29, 0.717) is 16.5 Å². The largest absolute Gasteiger partial charge is 0.388 e. The average Bonchev–Trinajstić information content (AvgIpc) is 2.77. The van der Waals surface area contributed by atoms with E-state index < -0.39 is 6.10 Å². The van der Waals surface area contributed by atoms with Crippen LogP contribution in [0.5, 0.6) is 0 Å². The summed E-state index contributed by atoms with van der Waals surface area (Å²) < 4.78 is 13.8. The second-order valence-corrected chi connectivity index (χ2v) is 5.58. The Morgan fingerprint density at radius 3 is 2.82 bits per heavy atom. The zero-order chi connectivity index (χ0) is 12.3. The van der Waals surface area contributed by atoms with Gasteiger partial charge in [0.25, 0.3) is 0 Å². The summed E-state index contributed by atoms with van der Waals surface area (Å²) >= 11 is 4.86. The number of halogens is 2. The van der Waals surface area contributed by atoms with Crippen LogP contribution in [-0.4, -0.2) is 5.11 Å². The number of benzene rings is 1. The summed E-state index contributed by atoms with van der Waals surface area (Å²) in [6.45, 7) is 0. The summed E-state index contributed by atoms with van der Waals surface area (Å²) in [6.07, 6.45) is 0.785. The second kappa shape index (κ2) is 5.76. The molecule has 2 rings (SSSR count). The highest BCUT2D eigenvalue weighted by atomic mass is 79.9. The minimum absolute atomic E-state index is 0.330. The minimum Gasteiger partial charge on any atom is -0.388 e. The van der Waals surface area contributed by atoms with E-state index in [9.17, 15) is 9.50 Å². The molecule has 17 heavy (non-hydrogen) atoms. The highest BCUT2D eigenvalue weighted by Gasteiger charge is 2.10. The van der Waals surface area contributed by atoms with Gasteiger partial charge in [0.15, 0.2) is 0 Å². The topological polar surface area (TPSA) is 20.2 Å². The Balaban J connectivity index is 2.01. The molecule has 0 bridgehead atoms. The third-order valence-electron chi connectivity index (χ3n) is 2.56. The molecule has 1 N–H and O–H groups in total. The summed E-state index contributed by atoms with van der Waals surface area (Å²) in [4.78, 5) is 0. The maximum Gasteiger partial charge on any atom is 0.124 e. The van der Waals surface area contributed by atoms with E-state index in [4.69, 9.17) is 0 Å². The van der Waals surface area contributed by atoms with Gasteiger partial charge in [0, 0.05) is 4.47 Å². The van der Waals surface area contributed by atoms with E-state index in [1.54, 1.807) is 17.4 Å². The van der Waals surface area contributed by atoms with Gasteiger partial charge >= 0.3 is 0 Å². The molecule has 0 saturated carbocycles. The minimum atomic E-state index is -0.623. The van der Waals surface area contributed by atoms with E-state index in [1.165, 1.54) is 17.7 Å². The van der Waals surface area contributed by atoms with Crippen molar-refractivity contribution in [3.63, 3.8) is 0 Å². The molecule has 1 nitrogen and oxygen atoms in total. The molecule has 4 heteroatoms. The smallest absolute Gasteiger partial charge is 0.124 e. The van der Waals surface area contributed by atoms with Gasteiger partial charge in [0.1, 0.15) is 5.82 Å². The van der Waals surface area contributed by atoms with Crippen LogP contribution in [0.4, 0.5) is 4.39 Å². The lowest BCUT2D eigenvalue weighted by molar-refractivity contribution is 0.167. The molecule has 0 radical (unpaired) electrons. The van der Waals surface area contributed by atoms with Crippen LogP contribution in [0.2, 0.25) is 0 Å². The predicted octanol–water partition coefficient (Wildman–Crippen LogP) is 4.32. The SMILES string of the molecule is OC(CCc1ccsc1)c1cc(F)cc(Br)c1. The van der Waals surface area contributed by atoms with Crippen LogP contribution in [0.15, 0.2) is 39.5 Å².